The standard InChI is InChI=1S/C27H24Cl2N2O4S/c1-2-3-12-34-27(33)24-19-6-4-5-7-23(19)36-26(24)31-25(32)17(15-30)13-18-9-11-22(35-18)16-8-10-20(28)21(29)14-16/h8-11,13-14H,2-7,12H2,1H3,(H,31,32)/b17-13+. The number of furan rings is 1. The molecule has 0 radical (unpaired) electrons. The summed E-state index contributed by atoms with van der Waals surface area (Å²) in [6, 6.07) is 10.4. The van der Waals surface area contributed by atoms with E-state index in [9.17, 15) is 14.9 Å². The number of hydrogen-bond acceptors (Lipinski definition) is 6. The Labute approximate surface area is 223 Å². The van der Waals surface area contributed by atoms with Crippen molar-refractivity contribution in [1.29, 1.82) is 5.26 Å². The second kappa shape index (κ2) is 11.8. The molecule has 1 amide bonds. The lowest BCUT2D eigenvalue weighted by atomic mass is 9.95. The van der Waals surface area contributed by atoms with Crippen LogP contribution in [0.4, 0.5) is 5.00 Å². The predicted molar refractivity (Wildman–Crippen MR) is 143 cm³/mol. The maximum absolute atomic E-state index is 13.0. The fourth-order valence-electron chi connectivity index (χ4n) is 3.95. The summed E-state index contributed by atoms with van der Waals surface area (Å²) in [7, 11) is 0. The molecule has 0 fully saturated rings. The van der Waals surface area contributed by atoms with E-state index < -0.39 is 11.9 Å². The fourth-order valence-corrected chi connectivity index (χ4v) is 5.52. The molecule has 1 N–H and O–H groups in total. The Bertz CT molecular complexity index is 1370. The zero-order chi connectivity index (χ0) is 25.7. The van der Waals surface area contributed by atoms with Crippen LogP contribution in [0, 0.1) is 11.3 Å². The van der Waals surface area contributed by atoms with Crippen molar-refractivity contribution in [2.24, 2.45) is 0 Å². The minimum atomic E-state index is -0.619. The van der Waals surface area contributed by atoms with E-state index in [1.165, 1.54) is 17.4 Å². The second-order valence-corrected chi connectivity index (χ2v) is 10.3. The number of anilines is 1. The molecule has 0 spiro atoms. The predicted octanol–water partition coefficient (Wildman–Crippen LogP) is 7.70. The number of rotatable bonds is 8. The van der Waals surface area contributed by atoms with Crippen LogP contribution in [0.5, 0.6) is 0 Å². The average Bonchev–Trinajstić information content (AvgIpc) is 3.48. The molecule has 0 atom stereocenters. The van der Waals surface area contributed by atoms with Gasteiger partial charge in [-0.1, -0.05) is 36.5 Å². The van der Waals surface area contributed by atoms with Crippen molar-refractivity contribution >= 4 is 57.5 Å². The van der Waals surface area contributed by atoms with Gasteiger partial charge in [0.1, 0.15) is 28.2 Å². The van der Waals surface area contributed by atoms with Gasteiger partial charge in [-0.25, -0.2) is 4.79 Å². The molecule has 0 bridgehead atoms. The minimum Gasteiger partial charge on any atom is -0.462 e. The summed E-state index contributed by atoms with van der Waals surface area (Å²) < 4.78 is 11.3. The first-order valence-corrected chi connectivity index (χ1v) is 13.3. The summed E-state index contributed by atoms with van der Waals surface area (Å²) in [5.41, 5.74) is 1.92. The molecule has 3 aromatic rings. The van der Waals surface area contributed by atoms with E-state index in [0.717, 1.165) is 49.0 Å². The molecule has 2 aromatic heterocycles. The van der Waals surface area contributed by atoms with Crippen LogP contribution in [-0.2, 0) is 22.4 Å². The maximum atomic E-state index is 13.0. The Kier molecular flexibility index (Phi) is 8.52. The lowest BCUT2D eigenvalue weighted by Crippen LogP contribution is -2.17. The summed E-state index contributed by atoms with van der Waals surface area (Å²) in [5.74, 6) is -0.211. The highest BCUT2D eigenvalue weighted by molar-refractivity contribution is 7.17. The monoisotopic (exact) mass is 542 g/mol. The summed E-state index contributed by atoms with van der Waals surface area (Å²) in [5, 5.41) is 13.7. The summed E-state index contributed by atoms with van der Waals surface area (Å²) >= 11 is 13.4. The van der Waals surface area contributed by atoms with Crippen molar-refractivity contribution in [3.05, 3.63) is 67.7 Å². The molecule has 0 saturated carbocycles. The molecule has 36 heavy (non-hydrogen) atoms. The van der Waals surface area contributed by atoms with Crippen LogP contribution in [0.2, 0.25) is 10.0 Å². The zero-order valence-corrected chi connectivity index (χ0v) is 22.0. The van der Waals surface area contributed by atoms with Crippen molar-refractivity contribution in [2.75, 3.05) is 11.9 Å². The Balaban J connectivity index is 1.57. The molecule has 0 aliphatic heterocycles. The third-order valence-electron chi connectivity index (χ3n) is 5.82. The van der Waals surface area contributed by atoms with Crippen LogP contribution in [-0.4, -0.2) is 18.5 Å². The second-order valence-electron chi connectivity index (χ2n) is 8.36. The van der Waals surface area contributed by atoms with E-state index in [0.29, 0.717) is 44.3 Å². The van der Waals surface area contributed by atoms with Gasteiger partial charge in [-0.2, -0.15) is 5.26 Å². The van der Waals surface area contributed by atoms with Crippen molar-refractivity contribution < 1.29 is 18.7 Å². The van der Waals surface area contributed by atoms with Gasteiger partial charge >= 0.3 is 5.97 Å². The summed E-state index contributed by atoms with van der Waals surface area (Å²) in [6.07, 6.45) is 6.69. The number of fused-ring (bicyclic) bond motifs is 1. The Hall–Kier alpha value is -3.05. The first kappa shape index (κ1) is 26.0. The number of carbonyl (C=O) groups excluding carboxylic acids is 2. The lowest BCUT2D eigenvalue weighted by molar-refractivity contribution is -0.112. The normalized spacial score (nSPS) is 13.1. The fraction of sp³-hybridized carbons (Fsp3) is 0.296. The number of nitrogens with zero attached hydrogens (tertiary/aromatic N) is 1. The highest BCUT2D eigenvalue weighted by Crippen LogP contribution is 2.39. The first-order chi connectivity index (χ1) is 17.4. The van der Waals surface area contributed by atoms with Crippen LogP contribution in [0.15, 0.2) is 40.3 Å². The number of nitriles is 1. The largest absolute Gasteiger partial charge is 0.462 e. The van der Waals surface area contributed by atoms with Gasteiger partial charge < -0.3 is 14.5 Å². The molecule has 0 saturated heterocycles. The molecular formula is C27H24Cl2N2O4S. The smallest absolute Gasteiger partial charge is 0.341 e. The van der Waals surface area contributed by atoms with Gasteiger partial charge in [-0.3, -0.25) is 4.79 Å². The SMILES string of the molecule is CCCCOC(=O)c1c(NC(=O)/C(C#N)=C/c2ccc(-c3ccc(Cl)c(Cl)c3)o2)sc2c1CCCC2. The van der Waals surface area contributed by atoms with Gasteiger partial charge in [0.2, 0.25) is 0 Å². The van der Waals surface area contributed by atoms with E-state index in [4.69, 9.17) is 32.4 Å². The van der Waals surface area contributed by atoms with Crippen molar-refractivity contribution in [2.45, 2.75) is 45.4 Å². The topological polar surface area (TPSA) is 92.3 Å². The number of carbonyl (C=O) groups is 2. The van der Waals surface area contributed by atoms with Crippen LogP contribution in [0.1, 0.15) is 59.2 Å². The Morgan fingerprint density at radius 2 is 2.00 bits per heavy atom. The van der Waals surface area contributed by atoms with Gasteiger partial charge in [0.15, 0.2) is 0 Å². The van der Waals surface area contributed by atoms with Crippen LogP contribution >= 0.6 is 34.5 Å². The van der Waals surface area contributed by atoms with Gasteiger partial charge in [0, 0.05) is 16.5 Å². The zero-order valence-electron chi connectivity index (χ0n) is 19.7. The molecule has 1 aliphatic carbocycles. The molecule has 6 nitrogen and oxygen atoms in total. The number of ether oxygens (including phenoxy) is 1. The molecule has 9 heteroatoms. The van der Waals surface area contributed by atoms with E-state index in [1.54, 1.807) is 30.3 Å². The number of halogens is 2. The van der Waals surface area contributed by atoms with Gasteiger partial charge in [-0.15, -0.1) is 11.3 Å². The van der Waals surface area contributed by atoms with Crippen LogP contribution in [0.25, 0.3) is 17.4 Å². The molecule has 2 heterocycles. The quantitative estimate of drug-likeness (QED) is 0.136. The van der Waals surface area contributed by atoms with E-state index in [2.05, 4.69) is 5.32 Å². The van der Waals surface area contributed by atoms with Crippen molar-refractivity contribution in [1.82, 2.24) is 0 Å². The molecule has 1 aromatic carbocycles. The highest BCUT2D eigenvalue weighted by atomic mass is 35.5. The summed E-state index contributed by atoms with van der Waals surface area (Å²) in [4.78, 5) is 27.0. The van der Waals surface area contributed by atoms with E-state index in [1.807, 2.05) is 13.0 Å². The number of unbranched alkanes of at least 4 members (excludes halogenated alkanes) is 1. The maximum Gasteiger partial charge on any atom is 0.341 e. The Morgan fingerprint density at radius 1 is 1.19 bits per heavy atom. The summed E-state index contributed by atoms with van der Waals surface area (Å²) in [6.45, 7) is 2.35. The molecule has 4 rings (SSSR count). The van der Waals surface area contributed by atoms with Gasteiger partial charge in [-0.05, 0) is 68.0 Å². The van der Waals surface area contributed by atoms with Crippen LogP contribution < -0.4 is 5.32 Å². The number of nitrogens with one attached hydrogen (secondary N) is 1. The molecular weight excluding hydrogens is 519 g/mol. The van der Waals surface area contributed by atoms with Crippen molar-refractivity contribution in [3.8, 4) is 17.4 Å². The van der Waals surface area contributed by atoms with E-state index >= 15 is 0 Å². The Morgan fingerprint density at radius 3 is 2.75 bits per heavy atom. The first-order valence-electron chi connectivity index (χ1n) is 11.7. The molecule has 0 unspecified atom stereocenters. The van der Waals surface area contributed by atoms with E-state index in [-0.39, 0.29) is 5.57 Å². The third kappa shape index (κ3) is 5.84. The number of hydrogen-bond donors (Lipinski definition) is 1. The minimum absolute atomic E-state index is 0.151. The molecule has 1 aliphatic rings. The number of thiophene rings is 1. The lowest BCUT2D eigenvalue weighted by Gasteiger charge is -2.12. The average molecular weight is 543 g/mol. The number of aryl methyl sites for hydroxylation is 1. The molecule has 186 valence electrons. The van der Waals surface area contributed by atoms with Crippen LogP contribution in [0.3, 0.4) is 0 Å². The van der Waals surface area contributed by atoms with Gasteiger partial charge in [0.05, 0.1) is 22.2 Å². The van der Waals surface area contributed by atoms with Crippen molar-refractivity contribution in [3.63, 3.8) is 0 Å². The highest BCUT2D eigenvalue weighted by Gasteiger charge is 2.28. The number of amides is 1. The van der Waals surface area contributed by atoms with Gasteiger partial charge in [0.25, 0.3) is 5.91 Å². The number of esters is 1. The third-order valence-corrected chi connectivity index (χ3v) is 7.76. The number of benzene rings is 1.